The first kappa shape index (κ1) is 33.2. The molecule has 1 fully saturated rings. The van der Waals surface area contributed by atoms with Crippen LogP contribution in [-0.2, 0) is 28.7 Å². The summed E-state index contributed by atoms with van der Waals surface area (Å²) in [5.74, 6) is 6.99. The average Bonchev–Trinajstić information content (AvgIpc) is 3.75. The zero-order chi connectivity index (χ0) is 36.1. The zero-order valence-corrected chi connectivity index (χ0v) is 31.8. The van der Waals surface area contributed by atoms with Crippen molar-refractivity contribution in [3.8, 4) is 0 Å². The lowest BCUT2D eigenvalue weighted by Gasteiger charge is -2.62. The molecule has 0 saturated carbocycles. The van der Waals surface area contributed by atoms with Crippen molar-refractivity contribution in [1.82, 2.24) is 0 Å². The van der Waals surface area contributed by atoms with E-state index in [0.717, 1.165) is 69.6 Å². The number of hydrogen-bond acceptors (Lipinski definition) is 6. The number of aryl methyl sites for hydroxylation is 1. The molecule has 2 N–H and O–H groups in total. The summed E-state index contributed by atoms with van der Waals surface area (Å²) < 4.78 is 27.3. The fourth-order valence-electron chi connectivity index (χ4n) is 12.7. The van der Waals surface area contributed by atoms with Gasteiger partial charge in [0.2, 0.25) is 0 Å². The van der Waals surface area contributed by atoms with Crippen molar-refractivity contribution in [3.63, 3.8) is 0 Å². The minimum Gasteiger partial charge on any atom is -0.494 e. The quantitative estimate of drug-likeness (QED) is 0.317. The molecular formula is C48H54N2O4. The third-order valence-corrected chi connectivity index (χ3v) is 14.9. The van der Waals surface area contributed by atoms with Gasteiger partial charge >= 0.3 is 0 Å². The number of furan rings is 2. The predicted octanol–water partition coefficient (Wildman–Crippen LogP) is 10.2. The SMILES string of the molecule is CCCc1c(N)oc2c1C(C1=CC3OC4C=CC=CC4C4(C5=C(CC(C6CCCc7oc8c(c76)CCCN8C)C=C5)OC5CC=CCC54)C3C=C1)CC=C2. The number of nitrogen functional groups attached to an aromatic ring is 1. The zero-order valence-electron chi connectivity index (χ0n) is 31.8. The fourth-order valence-corrected chi connectivity index (χ4v) is 12.7. The van der Waals surface area contributed by atoms with E-state index < -0.39 is 0 Å². The summed E-state index contributed by atoms with van der Waals surface area (Å²) in [6, 6.07) is 0. The van der Waals surface area contributed by atoms with Crippen LogP contribution in [0, 0.1) is 29.1 Å². The minimum absolute atomic E-state index is 0.00200. The molecule has 11 rings (SSSR count). The van der Waals surface area contributed by atoms with Gasteiger partial charge in [-0.3, -0.25) is 0 Å². The molecule has 0 radical (unpaired) electrons. The Morgan fingerprint density at radius 1 is 0.889 bits per heavy atom. The van der Waals surface area contributed by atoms with Gasteiger partial charge < -0.3 is 28.9 Å². The number of nitrogens with two attached hydrogens (primary N) is 1. The normalized spacial score (nSPS) is 36.8. The molecule has 2 aromatic heterocycles. The first-order chi connectivity index (χ1) is 26.5. The van der Waals surface area contributed by atoms with Gasteiger partial charge in [0.05, 0.1) is 12.2 Å². The third kappa shape index (κ3) is 4.74. The second-order valence-corrected chi connectivity index (χ2v) is 17.5. The number of fused-ring (bicyclic) bond motifs is 11. The smallest absolute Gasteiger partial charge is 0.198 e. The maximum Gasteiger partial charge on any atom is 0.198 e. The summed E-state index contributed by atoms with van der Waals surface area (Å²) in [6.45, 7) is 3.30. The maximum absolute atomic E-state index is 7.29. The molecule has 10 atom stereocenters. The molecular weight excluding hydrogens is 669 g/mol. The van der Waals surface area contributed by atoms with Gasteiger partial charge in [-0.15, -0.1) is 0 Å². The molecule has 5 heterocycles. The van der Waals surface area contributed by atoms with Gasteiger partial charge in [0.1, 0.15) is 23.4 Å². The molecule has 1 spiro atoms. The van der Waals surface area contributed by atoms with E-state index in [1.807, 2.05) is 0 Å². The molecule has 9 aliphatic rings. The van der Waals surface area contributed by atoms with Crippen molar-refractivity contribution in [2.45, 2.75) is 108 Å². The number of allylic oxidation sites excluding steroid dienone is 10. The van der Waals surface area contributed by atoms with Gasteiger partial charge in [0.15, 0.2) is 11.8 Å². The molecule has 0 bridgehead atoms. The van der Waals surface area contributed by atoms with Crippen LogP contribution in [0.2, 0.25) is 0 Å². The van der Waals surface area contributed by atoms with Gasteiger partial charge in [0, 0.05) is 84.2 Å². The maximum atomic E-state index is 7.29. The Hall–Kier alpha value is -4.16. The monoisotopic (exact) mass is 722 g/mol. The molecule has 6 nitrogen and oxygen atoms in total. The Balaban J connectivity index is 1.00. The van der Waals surface area contributed by atoms with Crippen molar-refractivity contribution in [2.75, 3.05) is 24.2 Å². The van der Waals surface area contributed by atoms with Crippen molar-refractivity contribution in [2.24, 2.45) is 29.1 Å². The highest BCUT2D eigenvalue weighted by Crippen LogP contribution is 2.66. The molecule has 1 saturated heterocycles. The Morgan fingerprint density at radius 2 is 1.78 bits per heavy atom. The Morgan fingerprint density at radius 3 is 2.70 bits per heavy atom. The summed E-state index contributed by atoms with van der Waals surface area (Å²) in [5.41, 5.74) is 14.6. The average molecular weight is 723 g/mol. The van der Waals surface area contributed by atoms with Crippen LogP contribution in [0.5, 0.6) is 0 Å². The number of anilines is 2. The van der Waals surface area contributed by atoms with E-state index in [-0.39, 0.29) is 41.5 Å². The lowest BCUT2D eigenvalue weighted by atomic mass is 9.47. The van der Waals surface area contributed by atoms with Gasteiger partial charge in [-0.25, -0.2) is 0 Å². The number of nitrogens with zero attached hydrogens (tertiary/aromatic N) is 1. The van der Waals surface area contributed by atoms with E-state index >= 15 is 0 Å². The van der Waals surface area contributed by atoms with Crippen molar-refractivity contribution in [3.05, 3.63) is 124 Å². The highest BCUT2D eigenvalue weighted by atomic mass is 16.5. The van der Waals surface area contributed by atoms with Crippen LogP contribution in [0.3, 0.4) is 0 Å². The summed E-state index contributed by atoms with van der Waals surface area (Å²) in [5, 5.41) is 0. The second kappa shape index (κ2) is 12.7. The van der Waals surface area contributed by atoms with Crippen LogP contribution >= 0.6 is 0 Å². The summed E-state index contributed by atoms with van der Waals surface area (Å²) in [6.07, 6.45) is 42.9. The van der Waals surface area contributed by atoms with Crippen LogP contribution < -0.4 is 10.6 Å². The summed E-state index contributed by atoms with van der Waals surface area (Å²) in [7, 11) is 2.20. The highest BCUT2D eigenvalue weighted by molar-refractivity contribution is 5.64. The molecule has 6 aliphatic carbocycles. The van der Waals surface area contributed by atoms with E-state index in [1.165, 1.54) is 64.2 Å². The molecule has 2 aromatic rings. The topological polar surface area (TPSA) is 74.0 Å². The number of rotatable bonds is 4. The highest BCUT2D eigenvalue weighted by Gasteiger charge is 2.64. The molecule has 0 amide bonds. The van der Waals surface area contributed by atoms with Crippen molar-refractivity contribution < 1.29 is 18.3 Å². The summed E-state index contributed by atoms with van der Waals surface area (Å²) in [4.78, 5) is 2.34. The van der Waals surface area contributed by atoms with Crippen LogP contribution in [0.4, 0.5) is 11.8 Å². The van der Waals surface area contributed by atoms with Gasteiger partial charge in [0.25, 0.3) is 0 Å². The second-order valence-electron chi connectivity index (χ2n) is 17.5. The molecule has 0 aromatic carbocycles. The predicted molar refractivity (Wildman–Crippen MR) is 214 cm³/mol. The van der Waals surface area contributed by atoms with Crippen molar-refractivity contribution >= 4 is 17.8 Å². The number of hydrogen-bond donors (Lipinski definition) is 1. The van der Waals surface area contributed by atoms with Gasteiger partial charge in [-0.05, 0) is 74.0 Å². The molecule has 10 unspecified atom stereocenters. The molecule has 280 valence electrons. The minimum atomic E-state index is -0.155. The fraction of sp³-hybridized carbons (Fsp3) is 0.500. The molecule has 6 heteroatoms. The first-order valence-electron chi connectivity index (χ1n) is 21.1. The van der Waals surface area contributed by atoms with Crippen LogP contribution in [0.1, 0.15) is 104 Å². The van der Waals surface area contributed by atoms with E-state index in [9.17, 15) is 0 Å². The van der Waals surface area contributed by atoms with E-state index in [0.29, 0.717) is 23.6 Å². The standard InChI is InChI=1S/C48H54N2O4/c1-3-11-32-44-30(12-8-19-40(44)53-46(32)49)28-21-23-36-42(26-28)51-38-17-6-4-15-34(38)48(36)35-16-5-7-18-39(35)52-43-27-29(22-24-37(43)48)31-13-9-20-41-45(31)33-14-10-25-50(2)47(33)54-41/h4-8,15,17,19,21-24,26,29-31,34-36,38-39,42H,3,9-14,16,18,20,25,27,49H2,1-2H3. The molecule has 3 aliphatic heterocycles. The molecule has 54 heavy (non-hydrogen) atoms. The third-order valence-electron chi connectivity index (χ3n) is 14.9. The Bertz CT molecular complexity index is 2120. The number of ether oxygens (including phenoxy) is 2. The Kier molecular flexibility index (Phi) is 7.80. The van der Waals surface area contributed by atoms with Crippen molar-refractivity contribution in [1.29, 1.82) is 0 Å². The van der Waals surface area contributed by atoms with Gasteiger partial charge in [-0.1, -0.05) is 86.3 Å². The summed E-state index contributed by atoms with van der Waals surface area (Å²) >= 11 is 0. The van der Waals surface area contributed by atoms with E-state index in [4.69, 9.17) is 24.0 Å². The largest absolute Gasteiger partial charge is 0.494 e. The lowest BCUT2D eigenvalue weighted by molar-refractivity contribution is -0.164. The first-order valence-corrected chi connectivity index (χ1v) is 21.1. The lowest BCUT2D eigenvalue weighted by Crippen LogP contribution is -2.62. The van der Waals surface area contributed by atoms with Crippen LogP contribution in [-0.4, -0.2) is 31.9 Å². The van der Waals surface area contributed by atoms with E-state index in [2.05, 4.69) is 97.9 Å². The Labute approximate surface area is 319 Å². The van der Waals surface area contributed by atoms with Gasteiger partial charge in [-0.2, -0.15) is 0 Å². The van der Waals surface area contributed by atoms with Crippen LogP contribution in [0.15, 0.2) is 98.7 Å². The van der Waals surface area contributed by atoms with Crippen LogP contribution in [0.25, 0.3) is 6.08 Å². The van der Waals surface area contributed by atoms with E-state index in [1.54, 1.807) is 0 Å².